The number of hydrogen-bond donors (Lipinski definition) is 5. The number of anilines is 1. The normalized spacial score (nSPS) is 20.4. The Kier molecular flexibility index (Phi) is 11.3. The second-order valence-electron chi connectivity index (χ2n) is 15.8. The van der Waals surface area contributed by atoms with E-state index in [0.717, 1.165) is 80.6 Å². The Morgan fingerprint density at radius 2 is 1.60 bits per heavy atom. The van der Waals surface area contributed by atoms with Crippen LogP contribution in [0.1, 0.15) is 65.7 Å². The molecule has 3 aromatic carbocycles. The van der Waals surface area contributed by atoms with Crippen LogP contribution in [0.4, 0.5) is 10.5 Å². The van der Waals surface area contributed by atoms with E-state index in [1.807, 2.05) is 46.2 Å². The molecule has 1 unspecified atom stereocenters. The highest BCUT2D eigenvalue weighted by molar-refractivity contribution is 6.09. The fraction of sp³-hybridized carbons (Fsp3) is 0.386. The minimum absolute atomic E-state index is 0.0550. The first-order valence-corrected chi connectivity index (χ1v) is 20.3. The maximum absolute atomic E-state index is 13.6. The molecule has 304 valence electrons. The number of fused-ring (bicyclic) bond motifs is 1. The number of rotatable bonds is 9. The number of phenols is 1. The van der Waals surface area contributed by atoms with Gasteiger partial charge in [0.05, 0.1) is 23.5 Å². The Labute approximate surface area is 338 Å². The van der Waals surface area contributed by atoms with E-state index in [9.17, 15) is 19.5 Å². The molecule has 4 amide bonds. The lowest BCUT2D eigenvalue weighted by atomic mass is 9.94. The highest BCUT2D eigenvalue weighted by Crippen LogP contribution is 2.34. The molecule has 8 rings (SSSR count). The van der Waals surface area contributed by atoms with Crippen molar-refractivity contribution in [2.45, 2.75) is 44.2 Å². The third-order valence-electron chi connectivity index (χ3n) is 12.2. The van der Waals surface area contributed by atoms with E-state index in [1.165, 1.54) is 0 Å². The van der Waals surface area contributed by atoms with Gasteiger partial charge in [0, 0.05) is 93.2 Å². The molecule has 4 aliphatic heterocycles. The molecule has 1 atom stereocenters. The maximum Gasteiger partial charge on any atom is 0.328 e. The second-order valence-corrected chi connectivity index (χ2v) is 15.8. The molecular weight excluding hydrogens is 735 g/mol. The number of benzene rings is 3. The number of morpholine rings is 1. The third kappa shape index (κ3) is 8.20. The van der Waals surface area contributed by atoms with Crippen LogP contribution in [0.5, 0.6) is 5.75 Å². The zero-order chi connectivity index (χ0) is 40.3. The van der Waals surface area contributed by atoms with Gasteiger partial charge in [-0.2, -0.15) is 0 Å². The molecule has 14 heteroatoms. The number of carbonyl (C=O) groups excluding carboxylic acids is 3. The number of urea groups is 1. The molecule has 4 aliphatic rings. The number of amides is 4. The van der Waals surface area contributed by atoms with Gasteiger partial charge in [-0.05, 0) is 85.7 Å². The summed E-state index contributed by atoms with van der Waals surface area (Å²) in [4.78, 5) is 46.1. The number of hydrogen-bond acceptors (Lipinski definition) is 10. The van der Waals surface area contributed by atoms with Gasteiger partial charge < -0.3 is 46.3 Å². The van der Waals surface area contributed by atoms with Gasteiger partial charge in [-0.15, -0.1) is 0 Å². The summed E-state index contributed by atoms with van der Waals surface area (Å²) in [5.74, 6) is 0.575. The lowest BCUT2D eigenvalue weighted by Gasteiger charge is -2.38. The summed E-state index contributed by atoms with van der Waals surface area (Å²) in [7, 11) is 0. The van der Waals surface area contributed by atoms with Crippen molar-refractivity contribution < 1.29 is 24.2 Å². The molecule has 14 nitrogen and oxygen atoms in total. The van der Waals surface area contributed by atoms with Gasteiger partial charge in [0.2, 0.25) is 5.91 Å². The second kappa shape index (κ2) is 16.9. The average Bonchev–Trinajstić information content (AvgIpc) is 3.68. The minimum Gasteiger partial charge on any atom is -0.507 e. The van der Waals surface area contributed by atoms with Gasteiger partial charge in [-0.1, -0.05) is 30.3 Å². The molecule has 0 spiro atoms. The van der Waals surface area contributed by atoms with Crippen molar-refractivity contribution in [3.63, 3.8) is 0 Å². The smallest absolute Gasteiger partial charge is 0.328 e. The number of nitrogens with two attached hydrogens (primary N) is 3. The molecule has 4 fully saturated rings. The van der Waals surface area contributed by atoms with Crippen molar-refractivity contribution in [1.29, 1.82) is 0 Å². The van der Waals surface area contributed by atoms with Gasteiger partial charge in [-0.3, -0.25) is 19.8 Å². The zero-order valence-electron chi connectivity index (χ0n) is 32.8. The van der Waals surface area contributed by atoms with E-state index in [0.29, 0.717) is 67.1 Å². The summed E-state index contributed by atoms with van der Waals surface area (Å²) in [6, 6.07) is 22.7. The van der Waals surface area contributed by atoms with Crippen molar-refractivity contribution in [2.75, 3.05) is 63.9 Å². The number of ether oxygens (including phenoxy) is 1. The molecule has 1 aromatic heterocycles. The van der Waals surface area contributed by atoms with Crippen LogP contribution in [-0.4, -0.2) is 101 Å². The van der Waals surface area contributed by atoms with Crippen molar-refractivity contribution in [3.8, 4) is 5.75 Å². The fourth-order valence-electron chi connectivity index (χ4n) is 8.98. The topological polar surface area (TPSA) is 189 Å². The predicted molar refractivity (Wildman–Crippen MR) is 223 cm³/mol. The van der Waals surface area contributed by atoms with Crippen LogP contribution < -0.4 is 27.4 Å². The molecule has 0 saturated carbocycles. The number of piperidine rings is 2. The standard InChI is InChI=1S/C44H53N9O5/c45-35(33-4-1-2-7-39(33)54)26-38(42(46)47)51-24-25-58-40(28-51)30-8-10-31(11-9-30)43(56)50-20-12-29(13-21-50)27-49-18-14-32(15-19-49)52-22-16-34-36(52)5-3-6-37(34)53-23-17-41(55)48-44(53)57/h1-11,16,22,26,29,32,40,54H,12-15,17-21,23-25,27-28,45-47H2,(H,48,55,57)/b35-26-. The van der Waals surface area contributed by atoms with Crippen LogP contribution in [-0.2, 0) is 9.53 Å². The number of allylic oxidation sites excluding steroid dienone is 1. The number of nitrogens with zero attached hydrogens (tertiary/aromatic N) is 5. The molecular formula is C44H53N9O5. The van der Waals surface area contributed by atoms with Gasteiger partial charge in [0.1, 0.15) is 17.7 Å². The van der Waals surface area contributed by atoms with Gasteiger partial charge >= 0.3 is 6.03 Å². The summed E-state index contributed by atoms with van der Waals surface area (Å²) < 4.78 is 8.49. The largest absolute Gasteiger partial charge is 0.507 e. The molecule has 5 heterocycles. The van der Waals surface area contributed by atoms with E-state index in [-0.39, 0.29) is 35.5 Å². The number of nitrogens with one attached hydrogen (secondary N) is 1. The summed E-state index contributed by atoms with van der Waals surface area (Å²) >= 11 is 0. The van der Waals surface area contributed by atoms with Crippen molar-refractivity contribution >= 4 is 40.1 Å². The fourth-order valence-corrected chi connectivity index (χ4v) is 8.98. The number of aromatic nitrogens is 1. The first-order valence-electron chi connectivity index (χ1n) is 20.3. The predicted octanol–water partition coefficient (Wildman–Crippen LogP) is 4.44. The molecule has 58 heavy (non-hydrogen) atoms. The van der Waals surface area contributed by atoms with Crippen LogP contribution in [0.25, 0.3) is 16.6 Å². The SMILES string of the molecule is NC(N)=C(/C=C(\N)c1ccccc1O)N1CCOC(c2ccc(C(=O)N3CCC(CN4CCC(n5ccc6c(N7CCC(=O)NC7=O)cccc65)CC4)CC3)cc2)C1. The van der Waals surface area contributed by atoms with Crippen LogP contribution >= 0.6 is 0 Å². The average molecular weight is 788 g/mol. The van der Waals surface area contributed by atoms with Crippen LogP contribution in [0.2, 0.25) is 0 Å². The first-order chi connectivity index (χ1) is 28.1. The Morgan fingerprint density at radius 3 is 2.33 bits per heavy atom. The number of para-hydroxylation sites is 1. The monoisotopic (exact) mass is 787 g/mol. The summed E-state index contributed by atoms with van der Waals surface area (Å²) in [5, 5.41) is 13.7. The van der Waals surface area contributed by atoms with Crippen LogP contribution in [0, 0.1) is 5.92 Å². The molecule has 4 aromatic rings. The third-order valence-corrected chi connectivity index (χ3v) is 12.2. The van der Waals surface area contributed by atoms with E-state index in [1.54, 1.807) is 35.2 Å². The Bertz CT molecular complexity index is 2210. The zero-order valence-corrected chi connectivity index (χ0v) is 32.8. The molecule has 4 saturated heterocycles. The van der Waals surface area contributed by atoms with Gasteiger partial charge in [0.15, 0.2) is 0 Å². The Hall–Kier alpha value is -5.99. The van der Waals surface area contributed by atoms with Crippen molar-refractivity contribution in [2.24, 2.45) is 23.1 Å². The van der Waals surface area contributed by atoms with Crippen LogP contribution in [0.15, 0.2) is 96.6 Å². The Balaban J connectivity index is 0.812. The van der Waals surface area contributed by atoms with E-state index >= 15 is 0 Å². The lowest BCUT2D eigenvalue weighted by molar-refractivity contribution is -0.120. The number of carbonyl (C=O) groups is 3. The van der Waals surface area contributed by atoms with E-state index < -0.39 is 0 Å². The van der Waals surface area contributed by atoms with Gasteiger partial charge in [0.25, 0.3) is 5.91 Å². The summed E-state index contributed by atoms with van der Waals surface area (Å²) in [5.41, 5.74) is 23.6. The van der Waals surface area contributed by atoms with Crippen LogP contribution in [0.3, 0.4) is 0 Å². The van der Waals surface area contributed by atoms with Crippen molar-refractivity contribution in [1.82, 2.24) is 24.6 Å². The highest BCUT2D eigenvalue weighted by Gasteiger charge is 2.30. The quantitative estimate of drug-likeness (QED) is 0.152. The highest BCUT2D eigenvalue weighted by atomic mass is 16.5. The molecule has 8 N–H and O–H groups in total. The molecule has 0 aliphatic carbocycles. The molecule has 0 bridgehead atoms. The van der Waals surface area contributed by atoms with Gasteiger partial charge in [-0.25, -0.2) is 4.79 Å². The Morgan fingerprint density at radius 1 is 0.845 bits per heavy atom. The first kappa shape index (κ1) is 38.9. The minimum atomic E-state index is -0.362. The number of likely N-dealkylation sites (tertiary alicyclic amines) is 2. The summed E-state index contributed by atoms with van der Waals surface area (Å²) in [6.45, 7) is 6.49. The molecule has 0 radical (unpaired) electrons. The maximum atomic E-state index is 13.6. The number of imide groups is 1. The number of aromatic hydroxyl groups is 1. The van der Waals surface area contributed by atoms with E-state index in [2.05, 4.69) is 33.1 Å². The van der Waals surface area contributed by atoms with E-state index in [4.69, 9.17) is 21.9 Å². The summed E-state index contributed by atoms with van der Waals surface area (Å²) in [6.07, 6.45) is 7.94. The van der Waals surface area contributed by atoms with Crippen molar-refractivity contribution in [3.05, 3.63) is 113 Å². The number of phenolic OH excluding ortho intramolecular Hbond substituents is 1. The lowest BCUT2D eigenvalue weighted by Crippen LogP contribution is -2.49.